The molecule has 6 nitrogen and oxygen atoms in total. The Balaban J connectivity index is 1.52. The van der Waals surface area contributed by atoms with Crippen LogP contribution >= 0.6 is 0 Å². The van der Waals surface area contributed by atoms with Gasteiger partial charge in [-0.15, -0.1) is 0 Å². The van der Waals surface area contributed by atoms with E-state index in [1.54, 1.807) is 24.7 Å². The number of likely N-dealkylation sites (tertiary alicyclic amines) is 1. The Morgan fingerprint density at radius 1 is 1.31 bits per heavy atom. The molecule has 6 heteroatoms. The van der Waals surface area contributed by atoms with Gasteiger partial charge in [0, 0.05) is 49.8 Å². The van der Waals surface area contributed by atoms with Gasteiger partial charge in [-0.3, -0.25) is 9.78 Å². The van der Waals surface area contributed by atoms with Crippen LogP contribution in [0.25, 0.3) is 0 Å². The summed E-state index contributed by atoms with van der Waals surface area (Å²) in [5.41, 5.74) is 0.440. The Morgan fingerprint density at radius 2 is 2.27 bits per heavy atom. The molecule has 2 atom stereocenters. The molecule has 2 fully saturated rings. The molecule has 0 N–H and O–H groups in total. The van der Waals surface area contributed by atoms with Crippen LogP contribution in [0.4, 0.5) is 0 Å². The van der Waals surface area contributed by atoms with E-state index in [4.69, 9.17) is 9.47 Å². The lowest BCUT2D eigenvalue weighted by molar-refractivity contribution is -0.133. The molecule has 0 radical (unpaired) electrons. The molecule has 0 saturated carbocycles. The molecule has 1 amide bonds. The van der Waals surface area contributed by atoms with E-state index in [1.165, 1.54) is 0 Å². The molecule has 0 bridgehead atoms. The van der Waals surface area contributed by atoms with Gasteiger partial charge in [-0.1, -0.05) is 6.07 Å². The number of nitrogens with zero attached hydrogens (tertiary/aromatic N) is 3. The van der Waals surface area contributed by atoms with Crippen molar-refractivity contribution in [2.45, 2.75) is 25.4 Å². The van der Waals surface area contributed by atoms with Crippen molar-refractivity contribution in [2.24, 2.45) is 5.41 Å². The minimum Gasteiger partial charge on any atom is -0.477 e. The normalized spacial score (nSPS) is 25.4. The first-order chi connectivity index (χ1) is 12.8. The number of hydrogen-bond donors (Lipinski definition) is 0. The molecular weight excluding hydrogens is 330 g/mol. The molecule has 2 aliphatic heterocycles. The minimum atomic E-state index is -0.189. The fourth-order valence-corrected chi connectivity index (χ4v) is 4.00. The van der Waals surface area contributed by atoms with E-state index >= 15 is 0 Å². The number of pyridine rings is 2. The number of amides is 1. The van der Waals surface area contributed by atoms with Gasteiger partial charge >= 0.3 is 0 Å². The van der Waals surface area contributed by atoms with Crippen molar-refractivity contribution in [2.75, 3.05) is 26.3 Å². The van der Waals surface area contributed by atoms with Crippen molar-refractivity contribution >= 4 is 5.91 Å². The van der Waals surface area contributed by atoms with E-state index in [2.05, 4.69) is 9.97 Å². The Hall–Kier alpha value is -2.47. The van der Waals surface area contributed by atoms with E-state index < -0.39 is 0 Å². The van der Waals surface area contributed by atoms with Crippen LogP contribution in [0.3, 0.4) is 0 Å². The SMILES string of the molecule is O=C(c1cccnc1)N1CCC2OCCCC2(COc2ccccn2)C1. The first-order valence-electron chi connectivity index (χ1n) is 9.12. The third-order valence-corrected chi connectivity index (χ3v) is 5.33. The monoisotopic (exact) mass is 353 g/mol. The maximum Gasteiger partial charge on any atom is 0.255 e. The van der Waals surface area contributed by atoms with E-state index in [9.17, 15) is 4.79 Å². The highest BCUT2D eigenvalue weighted by atomic mass is 16.5. The predicted molar refractivity (Wildman–Crippen MR) is 95.9 cm³/mol. The average molecular weight is 353 g/mol. The Bertz CT molecular complexity index is 740. The summed E-state index contributed by atoms with van der Waals surface area (Å²) in [5.74, 6) is 0.640. The maximum atomic E-state index is 12.9. The number of hydrogen-bond acceptors (Lipinski definition) is 5. The molecule has 2 unspecified atom stereocenters. The minimum absolute atomic E-state index is 0.0272. The molecule has 0 aliphatic carbocycles. The van der Waals surface area contributed by atoms with Gasteiger partial charge in [-0.25, -0.2) is 4.98 Å². The molecule has 0 spiro atoms. The summed E-state index contributed by atoms with van der Waals surface area (Å²) in [6.07, 6.45) is 7.96. The smallest absolute Gasteiger partial charge is 0.255 e. The van der Waals surface area contributed by atoms with E-state index in [0.29, 0.717) is 31.1 Å². The van der Waals surface area contributed by atoms with Gasteiger partial charge < -0.3 is 14.4 Å². The van der Waals surface area contributed by atoms with Crippen LogP contribution in [0.2, 0.25) is 0 Å². The van der Waals surface area contributed by atoms with Gasteiger partial charge in [0.05, 0.1) is 18.3 Å². The van der Waals surface area contributed by atoms with Crippen molar-refractivity contribution in [3.8, 4) is 5.88 Å². The zero-order valence-corrected chi connectivity index (χ0v) is 14.7. The molecule has 2 aromatic rings. The Kier molecular flexibility index (Phi) is 4.84. The van der Waals surface area contributed by atoms with Gasteiger partial charge in [0.1, 0.15) is 0 Å². The number of carbonyl (C=O) groups is 1. The zero-order chi connectivity index (χ0) is 17.8. The molecule has 2 saturated heterocycles. The van der Waals surface area contributed by atoms with Gasteiger partial charge in [0.15, 0.2) is 0 Å². The average Bonchev–Trinajstić information content (AvgIpc) is 2.73. The van der Waals surface area contributed by atoms with Crippen LogP contribution in [0.1, 0.15) is 29.6 Å². The lowest BCUT2D eigenvalue weighted by Crippen LogP contribution is -2.58. The first kappa shape index (κ1) is 17.0. The van der Waals surface area contributed by atoms with Crippen LogP contribution in [-0.4, -0.2) is 53.2 Å². The molecule has 2 aromatic heterocycles. The molecule has 136 valence electrons. The quantitative estimate of drug-likeness (QED) is 0.845. The summed E-state index contributed by atoms with van der Waals surface area (Å²) in [6.45, 7) is 2.63. The summed E-state index contributed by atoms with van der Waals surface area (Å²) in [7, 11) is 0. The van der Waals surface area contributed by atoms with E-state index in [-0.39, 0.29) is 17.4 Å². The first-order valence-corrected chi connectivity index (χ1v) is 9.12. The lowest BCUT2D eigenvalue weighted by atomic mass is 9.73. The molecule has 2 aliphatic rings. The van der Waals surface area contributed by atoms with Crippen LogP contribution in [-0.2, 0) is 4.74 Å². The van der Waals surface area contributed by atoms with Gasteiger partial charge in [-0.2, -0.15) is 0 Å². The van der Waals surface area contributed by atoms with Crippen molar-refractivity contribution in [1.82, 2.24) is 14.9 Å². The second kappa shape index (κ2) is 7.41. The maximum absolute atomic E-state index is 12.9. The van der Waals surface area contributed by atoms with Gasteiger partial charge in [0.2, 0.25) is 5.88 Å². The second-order valence-corrected chi connectivity index (χ2v) is 7.04. The van der Waals surface area contributed by atoms with Crippen LogP contribution < -0.4 is 4.74 Å². The summed E-state index contributed by atoms with van der Waals surface area (Å²) in [6, 6.07) is 9.25. The molecular formula is C20H23N3O3. The fraction of sp³-hybridized carbons (Fsp3) is 0.450. The third-order valence-electron chi connectivity index (χ3n) is 5.33. The largest absolute Gasteiger partial charge is 0.477 e. The van der Waals surface area contributed by atoms with Gasteiger partial charge in [-0.05, 0) is 37.5 Å². The number of piperidine rings is 1. The summed E-state index contributed by atoms with van der Waals surface area (Å²) >= 11 is 0. The van der Waals surface area contributed by atoms with E-state index in [1.807, 2.05) is 29.2 Å². The molecule has 4 rings (SSSR count). The topological polar surface area (TPSA) is 64.6 Å². The third kappa shape index (κ3) is 3.42. The molecule has 0 aromatic carbocycles. The highest BCUT2D eigenvalue weighted by Crippen LogP contribution is 2.40. The number of aromatic nitrogens is 2. The van der Waals surface area contributed by atoms with Crippen molar-refractivity contribution < 1.29 is 14.3 Å². The van der Waals surface area contributed by atoms with Crippen LogP contribution in [0, 0.1) is 5.41 Å². The van der Waals surface area contributed by atoms with Crippen LogP contribution in [0.15, 0.2) is 48.9 Å². The van der Waals surface area contributed by atoms with Crippen molar-refractivity contribution in [1.29, 1.82) is 0 Å². The molecule has 26 heavy (non-hydrogen) atoms. The molecule has 4 heterocycles. The lowest BCUT2D eigenvalue weighted by Gasteiger charge is -2.50. The Morgan fingerprint density at radius 3 is 3.08 bits per heavy atom. The standard InChI is InChI=1S/C20H23N3O3/c24-19(16-5-3-9-21-13-16)23-11-7-17-20(14-23,8-4-12-25-17)15-26-18-6-1-2-10-22-18/h1-3,5-6,9-10,13,17H,4,7-8,11-12,14-15H2. The highest BCUT2D eigenvalue weighted by Gasteiger charge is 2.47. The van der Waals surface area contributed by atoms with Crippen LogP contribution in [0.5, 0.6) is 5.88 Å². The summed E-state index contributed by atoms with van der Waals surface area (Å²) in [4.78, 5) is 23.1. The number of rotatable bonds is 4. The second-order valence-electron chi connectivity index (χ2n) is 7.04. The van der Waals surface area contributed by atoms with E-state index in [0.717, 1.165) is 25.9 Å². The summed E-state index contributed by atoms with van der Waals surface area (Å²) in [5, 5.41) is 0. The van der Waals surface area contributed by atoms with Crippen molar-refractivity contribution in [3.05, 3.63) is 54.5 Å². The zero-order valence-electron chi connectivity index (χ0n) is 14.7. The number of ether oxygens (including phenoxy) is 2. The van der Waals surface area contributed by atoms with Gasteiger partial charge in [0.25, 0.3) is 5.91 Å². The number of fused-ring (bicyclic) bond motifs is 1. The fourth-order valence-electron chi connectivity index (χ4n) is 4.00. The predicted octanol–water partition coefficient (Wildman–Crippen LogP) is 2.57. The van der Waals surface area contributed by atoms with Crippen molar-refractivity contribution in [3.63, 3.8) is 0 Å². The summed E-state index contributed by atoms with van der Waals surface area (Å²) < 4.78 is 12.1. The highest BCUT2D eigenvalue weighted by molar-refractivity contribution is 5.94. The Labute approximate surface area is 153 Å². The number of carbonyl (C=O) groups excluding carboxylic acids is 1.